The molecule has 0 heterocycles. The highest BCUT2D eigenvalue weighted by Crippen LogP contribution is 2.18. The summed E-state index contributed by atoms with van der Waals surface area (Å²) in [4.78, 5) is 0. The second-order valence-corrected chi connectivity index (χ2v) is 15.6. The van der Waals surface area contributed by atoms with Gasteiger partial charge in [0.1, 0.15) is 23.3 Å². The molecule has 10 N–H and O–H groups in total. The molecule has 0 radical (unpaired) electrons. The maximum atomic E-state index is 14.5. The number of halogens is 5. The van der Waals surface area contributed by atoms with Gasteiger partial charge in [0.25, 0.3) is 0 Å². The molecule has 11 heteroatoms. The average Bonchev–Trinajstić information content (AvgIpc) is 3.25. The van der Waals surface area contributed by atoms with Crippen LogP contribution in [0.3, 0.4) is 0 Å². The lowest BCUT2D eigenvalue weighted by Gasteiger charge is -2.06. The van der Waals surface area contributed by atoms with Crippen molar-refractivity contribution in [2.24, 2.45) is 22.9 Å². The molecule has 0 unspecified atom stereocenters. The first-order chi connectivity index (χ1) is 30.4. The van der Waals surface area contributed by atoms with Gasteiger partial charge in [0.15, 0.2) is 0 Å². The molecule has 0 atom stereocenters. The van der Waals surface area contributed by atoms with Crippen molar-refractivity contribution in [2.75, 3.05) is 53.4 Å². The van der Waals surface area contributed by atoms with E-state index < -0.39 is 23.3 Å². The molecule has 0 aromatic heterocycles. The zero-order chi connectivity index (χ0) is 46.1. The fraction of sp³-hybridized carbons (Fsp3) is 0.269. The van der Waals surface area contributed by atoms with Crippen molar-refractivity contribution in [1.29, 1.82) is 0 Å². The Morgan fingerprint density at radius 1 is 0.429 bits per heavy atom. The Bertz CT molecular complexity index is 2290. The molecule has 5 aromatic carbocycles. The quantitative estimate of drug-likeness (QED) is 0.0429. The van der Waals surface area contributed by atoms with E-state index in [9.17, 15) is 17.6 Å². The van der Waals surface area contributed by atoms with Crippen molar-refractivity contribution >= 4 is 22.6 Å². The zero-order valence-corrected chi connectivity index (χ0v) is 38.0. The molecule has 6 nitrogen and oxygen atoms in total. The number of hydrogen-bond acceptors (Lipinski definition) is 6. The predicted molar refractivity (Wildman–Crippen MR) is 259 cm³/mol. The van der Waals surface area contributed by atoms with Crippen LogP contribution < -0.4 is 33.6 Å². The smallest absolute Gasteiger partial charge is 0.141 e. The van der Waals surface area contributed by atoms with Gasteiger partial charge in [-0.25, -0.2) is 17.6 Å². The number of rotatable bonds is 14. The third kappa shape index (κ3) is 18.1. The molecule has 0 aliphatic carbocycles. The van der Waals surface area contributed by atoms with Gasteiger partial charge in [0, 0.05) is 26.8 Å². The van der Waals surface area contributed by atoms with E-state index >= 15 is 0 Å². The molecule has 0 aliphatic rings. The van der Waals surface area contributed by atoms with Crippen molar-refractivity contribution in [3.05, 3.63) is 172 Å². The fourth-order valence-corrected chi connectivity index (χ4v) is 7.05. The van der Waals surface area contributed by atoms with Crippen molar-refractivity contribution in [1.82, 2.24) is 10.6 Å². The zero-order valence-electron chi connectivity index (χ0n) is 35.8. The Morgan fingerprint density at radius 3 is 1.03 bits per heavy atom. The first kappa shape index (κ1) is 51.9. The van der Waals surface area contributed by atoms with E-state index in [4.69, 9.17) is 35.8 Å². The molecule has 0 saturated carbocycles. The van der Waals surface area contributed by atoms with Crippen LogP contribution in [0.2, 0.25) is 0 Å². The van der Waals surface area contributed by atoms with Crippen molar-refractivity contribution in [3.63, 3.8) is 0 Å². The number of likely N-dealkylation sites (N-methyl/N-ethyl adjacent to an activating group) is 2. The molecule has 5 aromatic rings. The van der Waals surface area contributed by atoms with Gasteiger partial charge >= 0.3 is 0 Å². The van der Waals surface area contributed by atoms with Crippen molar-refractivity contribution < 1.29 is 17.6 Å². The monoisotopic (exact) mass is 966 g/mol. The third-order valence-corrected chi connectivity index (χ3v) is 9.91. The predicted octanol–water partition coefficient (Wildman–Crippen LogP) is 6.51. The second kappa shape index (κ2) is 28.3. The molecule has 0 fully saturated rings. The van der Waals surface area contributed by atoms with Crippen LogP contribution in [0.25, 0.3) is 0 Å². The molecule has 5 rings (SSSR count). The van der Waals surface area contributed by atoms with Crippen molar-refractivity contribution in [2.45, 2.75) is 38.5 Å². The highest BCUT2D eigenvalue weighted by atomic mass is 127. The minimum atomic E-state index is -0.769. The van der Waals surface area contributed by atoms with E-state index in [0.29, 0.717) is 57.9 Å². The Labute approximate surface area is 384 Å². The van der Waals surface area contributed by atoms with Gasteiger partial charge in [0.05, 0.1) is 22.3 Å². The van der Waals surface area contributed by atoms with Gasteiger partial charge in [-0.05, 0) is 196 Å². The highest BCUT2D eigenvalue weighted by Gasteiger charge is 2.09. The molecule has 0 saturated heterocycles. The van der Waals surface area contributed by atoms with Crippen LogP contribution in [0.15, 0.2) is 78.9 Å². The molecule has 0 amide bonds. The van der Waals surface area contributed by atoms with Crippen molar-refractivity contribution in [3.8, 4) is 48.4 Å². The Hall–Kier alpha value is -5.45. The topological polar surface area (TPSA) is 128 Å². The molecule has 0 aliphatic heterocycles. The van der Waals surface area contributed by atoms with Gasteiger partial charge in [0.2, 0.25) is 0 Å². The van der Waals surface area contributed by atoms with Gasteiger partial charge in [-0.15, -0.1) is 12.8 Å². The number of nitrogens with one attached hydrogen (secondary N) is 2. The van der Waals surface area contributed by atoms with E-state index in [1.165, 1.54) is 20.8 Å². The van der Waals surface area contributed by atoms with Crippen LogP contribution in [0.4, 0.5) is 17.6 Å². The summed E-state index contributed by atoms with van der Waals surface area (Å²) in [6.45, 7) is 4.14. The Morgan fingerprint density at radius 2 is 0.730 bits per heavy atom. The summed E-state index contributed by atoms with van der Waals surface area (Å²) in [7, 11) is 3.99. The van der Waals surface area contributed by atoms with Crippen LogP contribution in [0.5, 0.6) is 0 Å². The highest BCUT2D eigenvalue weighted by molar-refractivity contribution is 14.1. The number of hydrogen-bond donors (Lipinski definition) is 6. The number of benzene rings is 5. The van der Waals surface area contributed by atoms with Gasteiger partial charge in [-0.1, -0.05) is 53.7 Å². The van der Waals surface area contributed by atoms with Gasteiger partial charge in [-0.3, -0.25) is 0 Å². The van der Waals surface area contributed by atoms with Gasteiger partial charge in [-0.2, -0.15) is 0 Å². The summed E-state index contributed by atoms with van der Waals surface area (Å²) in [6.07, 6.45) is 14.9. The van der Waals surface area contributed by atoms with E-state index in [1.807, 2.05) is 38.4 Å². The first-order valence-corrected chi connectivity index (χ1v) is 21.6. The van der Waals surface area contributed by atoms with Crippen LogP contribution in [-0.4, -0.2) is 53.4 Å². The summed E-state index contributed by atoms with van der Waals surface area (Å²) in [5.41, 5.74) is 31.4. The van der Waals surface area contributed by atoms with Gasteiger partial charge < -0.3 is 33.6 Å². The maximum absolute atomic E-state index is 14.5. The minimum Gasteiger partial charge on any atom is -0.330 e. The summed E-state index contributed by atoms with van der Waals surface area (Å²) in [5, 5.41) is 6.37. The fourth-order valence-electron chi connectivity index (χ4n) is 6.25. The second-order valence-electron chi connectivity index (χ2n) is 14.3. The van der Waals surface area contributed by atoms with E-state index in [-0.39, 0.29) is 22.3 Å². The lowest BCUT2D eigenvalue weighted by molar-refractivity contribution is 0.578. The maximum Gasteiger partial charge on any atom is 0.141 e. The minimum absolute atomic E-state index is 0.0237. The van der Waals surface area contributed by atoms with E-state index in [1.54, 1.807) is 0 Å². The van der Waals surface area contributed by atoms with E-state index in [2.05, 4.69) is 99.1 Å². The standard InChI is InChI=1S/C30H32F2N4.C12H19IN2.C10H4F2/c31-29-20-30(32)28(4-2-22-15-25(7-11-35)18-26(16-22)8-12-36)19-27(29)3-1-21-13-23(5-9-33)17-24(14-21)6-10-34;1-14-5-3-10-7-11(4-6-15-2)9-12(13)8-10;1-3-7-5-8(4-2)10(12)6-9(7)11/h13-20H,5-12,33-36H2;7-9,14-15H,3-6H2,1-2H3;1-2,5-6H. The van der Waals surface area contributed by atoms with E-state index in [0.717, 1.165) is 71.4 Å². The molecule has 63 heavy (non-hydrogen) atoms. The average molecular weight is 967 g/mol. The summed E-state index contributed by atoms with van der Waals surface area (Å²) >= 11 is 2.39. The first-order valence-electron chi connectivity index (χ1n) is 20.5. The molecule has 328 valence electrons. The summed E-state index contributed by atoms with van der Waals surface area (Å²) in [6, 6.07) is 22.6. The number of nitrogens with two attached hydrogens (primary N) is 4. The summed E-state index contributed by atoms with van der Waals surface area (Å²) in [5.74, 6) is 12.8. The Balaban J connectivity index is 0.000000318. The summed E-state index contributed by atoms with van der Waals surface area (Å²) < 4.78 is 55.8. The molecule has 0 spiro atoms. The molecule has 0 bridgehead atoms. The third-order valence-electron chi connectivity index (χ3n) is 9.29. The molecular formula is C52H55F4IN6. The van der Waals surface area contributed by atoms with Crippen LogP contribution in [0, 0.1) is 75.2 Å². The SMILES string of the molecule is C#Cc1cc(C#C)c(F)cc1F.CNCCc1cc(I)cc(CCNC)c1.NCCc1cc(C#Cc2cc(C#Cc3cc(CCN)cc(CCN)c3)c(F)cc2F)cc(CCN)c1. The van der Waals surface area contributed by atoms with Crippen LogP contribution in [0.1, 0.15) is 66.8 Å². The lowest BCUT2D eigenvalue weighted by atomic mass is 10.0. The molecular weight excluding hydrogens is 912 g/mol. The largest absolute Gasteiger partial charge is 0.330 e. The van der Waals surface area contributed by atoms with Crippen LogP contribution >= 0.6 is 22.6 Å². The Kier molecular flexibility index (Phi) is 23.3. The van der Waals surface area contributed by atoms with Crippen LogP contribution in [-0.2, 0) is 38.5 Å². The lowest BCUT2D eigenvalue weighted by Crippen LogP contribution is -2.12. The number of terminal acetylenes is 2. The normalized spacial score (nSPS) is 10.1.